The Labute approximate surface area is 148 Å². The van der Waals surface area contributed by atoms with Crippen LogP contribution in [0.15, 0.2) is 18.2 Å². The van der Waals surface area contributed by atoms with Crippen LogP contribution >= 0.6 is 0 Å². The SMILES string of the molecule is CCCCN(C)C(=O)C1CCN(C(=O)c2ccc3c(c2)OCO3)CC1. The van der Waals surface area contributed by atoms with E-state index in [1.54, 1.807) is 18.2 Å². The fourth-order valence-electron chi connectivity index (χ4n) is 3.36. The molecule has 25 heavy (non-hydrogen) atoms. The van der Waals surface area contributed by atoms with Crippen molar-refractivity contribution in [3.8, 4) is 11.5 Å². The third kappa shape index (κ3) is 3.89. The minimum Gasteiger partial charge on any atom is -0.454 e. The van der Waals surface area contributed by atoms with Gasteiger partial charge in [0.2, 0.25) is 12.7 Å². The number of benzene rings is 1. The first-order valence-corrected chi connectivity index (χ1v) is 9.04. The maximum atomic E-state index is 12.7. The van der Waals surface area contributed by atoms with Crippen LogP contribution in [0.1, 0.15) is 43.0 Å². The summed E-state index contributed by atoms with van der Waals surface area (Å²) in [7, 11) is 1.88. The number of piperidine rings is 1. The first-order chi connectivity index (χ1) is 12.1. The monoisotopic (exact) mass is 346 g/mol. The predicted octanol–water partition coefficient (Wildman–Crippen LogP) is 2.53. The van der Waals surface area contributed by atoms with Crippen LogP contribution in [0.3, 0.4) is 0 Å². The van der Waals surface area contributed by atoms with E-state index in [0.717, 1.165) is 32.2 Å². The van der Waals surface area contributed by atoms with E-state index in [9.17, 15) is 9.59 Å². The normalized spacial score (nSPS) is 16.8. The van der Waals surface area contributed by atoms with E-state index in [2.05, 4.69) is 6.92 Å². The van der Waals surface area contributed by atoms with Crippen molar-refractivity contribution in [2.45, 2.75) is 32.6 Å². The molecule has 2 aliphatic rings. The summed E-state index contributed by atoms with van der Waals surface area (Å²) in [6.45, 7) is 4.37. The highest BCUT2D eigenvalue weighted by molar-refractivity contribution is 5.95. The Hall–Kier alpha value is -2.24. The van der Waals surface area contributed by atoms with Gasteiger partial charge in [0.05, 0.1) is 0 Å². The van der Waals surface area contributed by atoms with Gasteiger partial charge in [-0.25, -0.2) is 0 Å². The number of likely N-dealkylation sites (tertiary alicyclic amines) is 1. The van der Waals surface area contributed by atoms with Crippen molar-refractivity contribution < 1.29 is 19.1 Å². The summed E-state index contributed by atoms with van der Waals surface area (Å²) in [6, 6.07) is 5.28. The molecule has 2 amide bonds. The van der Waals surface area contributed by atoms with Crippen LogP contribution in [-0.2, 0) is 4.79 Å². The molecule has 0 aliphatic carbocycles. The Kier molecular flexibility index (Phi) is 5.46. The van der Waals surface area contributed by atoms with Crippen LogP contribution in [0.2, 0.25) is 0 Å². The summed E-state index contributed by atoms with van der Waals surface area (Å²) in [5.74, 6) is 1.53. The smallest absolute Gasteiger partial charge is 0.253 e. The number of carbonyl (C=O) groups excluding carboxylic acids is 2. The molecule has 0 atom stereocenters. The first-order valence-electron chi connectivity index (χ1n) is 9.04. The quantitative estimate of drug-likeness (QED) is 0.822. The molecule has 0 spiro atoms. The van der Waals surface area contributed by atoms with Gasteiger partial charge in [0, 0.05) is 38.2 Å². The van der Waals surface area contributed by atoms with Gasteiger partial charge in [-0.3, -0.25) is 9.59 Å². The summed E-state index contributed by atoms with van der Waals surface area (Å²) in [6.07, 6.45) is 3.57. The molecule has 0 N–H and O–H groups in total. The number of rotatable bonds is 5. The van der Waals surface area contributed by atoms with Crippen molar-refractivity contribution in [2.75, 3.05) is 33.5 Å². The standard InChI is InChI=1S/C19H26N2O4/c1-3-4-9-20(2)18(22)14-7-10-21(11-8-14)19(23)15-5-6-16-17(12-15)25-13-24-16/h5-6,12,14H,3-4,7-11,13H2,1-2H3. The summed E-state index contributed by atoms with van der Waals surface area (Å²) in [4.78, 5) is 28.8. The topological polar surface area (TPSA) is 59.1 Å². The van der Waals surface area contributed by atoms with E-state index >= 15 is 0 Å². The van der Waals surface area contributed by atoms with Crippen LogP contribution in [-0.4, -0.2) is 55.1 Å². The molecule has 136 valence electrons. The second kappa shape index (κ2) is 7.76. The number of ether oxygens (including phenoxy) is 2. The molecule has 6 heteroatoms. The lowest BCUT2D eigenvalue weighted by Gasteiger charge is -2.33. The average Bonchev–Trinajstić information content (AvgIpc) is 3.12. The predicted molar refractivity (Wildman–Crippen MR) is 93.7 cm³/mol. The number of nitrogens with zero attached hydrogens (tertiary/aromatic N) is 2. The number of hydrogen-bond donors (Lipinski definition) is 0. The highest BCUT2D eigenvalue weighted by atomic mass is 16.7. The largest absolute Gasteiger partial charge is 0.454 e. The van der Waals surface area contributed by atoms with Crippen molar-refractivity contribution in [1.29, 1.82) is 0 Å². The van der Waals surface area contributed by atoms with Crippen molar-refractivity contribution in [3.05, 3.63) is 23.8 Å². The lowest BCUT2D eigenvalue weighted by molar-refractivity contribution is -0.135. The maximum absolute atomic E-state index is 12.7. The fourth-order valence-corrected chi connectivity index (χ4v) is 3.36. The third-order valence-electron chi connectivity index (χ3n) is 4.97. The van der Waals surface area contributed by atoms with E-state index in [0.29, 0.717) is 30.2 Å². The number of amides is 2. The van der Waals surface area contributed by atoms with Crippen molar-refractivity contribution in [1.82, 2.24) is 9.80 Å². The summed E-state index contributed by atoms with van der Waals surface area (Å²) in [5, 5.41) is 0. The molecular formula is C19H26N2O4. The molecule has 0 unspecified atom stereocenters. The lowest BCUT2D eigenvalue weighted by Crippen LogP contribution is -2.43. The highest BCUT2D eigenvalue weighted by Crippen LogP contribution is 2.33. The molecule has 0 saturated carbocycles. The number of hydrogen-bond acceptors (Lipinski definition) is 4. The fraction of sp³-hybridized carbons (Fsp3) is 0.579. The Bertz CT molecular complexity index is 638. The van der Waals surface area contributed by atoms with Crippen molar-refractivity contribution in [2.24, 2.45) is 5.92 Å². The lowest BCUT2D eigenvalue weighted by atomic mass is 9.94. The van der Waals surface area contributed by atoms with Crippen LogP contribution in [0, 0.1) is 5.92 Å². The van der Waals surface area contributed by atoms with E-state index in [4.69, 9.17) is 9.47 Å². The Balaban J connectivity index is 1.55. The van der Waals surface area contributed by atoms with Gasteiger partial charge in [-0.2, -0.15) is 0 Å². The van der Waals surface area contributed by atoms with E-state index < -0.39 is 0 Å². The molecular weight excluding hydrogens is 320 g/mol. The van der Waals surface area contributed by atoms with Gasteiger partial charge in [-0.05, 0) is 37.5 Å². The molecule has 1 aromatic rings. The molecule has 2 aliphatic heterocycles. The van der Waals surface area contributed by atoms with Gasteiger partial charge in [0.15, 0.2) is 11.5 Å². The Morgan fingerprint density at radius 3 is 2.64 bits per heavy atom. The zero-order valence-electron chi connectivity index (χ0n) is 15.0. The van der Waals surface area contributed by atoms with Gasteiger partial charge < -0.3 is 19.3 Å². The Morgan fingerprint density at radius 2 is 1.92 bits per heavy atom. The second-order valence-electron chi connectivity index (χ2n) is 6.75. The van der Waals surface area contributed by atoms with Crippen LogP contribution in [0.4, 0.5) is 0 Å². The van der Waals surface area contributed by atoms with Crippen molar-refractivity contribution in [3.63, 3.8) is 0 Å². The van der Waals surface area contributed by atoms with Crippen molar-refractivity contribution >= 4 is 11.8 Å². The highest BCUT2D eigenvalue weighted by Gasteiger charge is 2.29. The number of unbranched alkanes of at least 4 members (excludes halogenated alkanes) is 1. The minimum atomic E-state index is -0.0106. The van der Waals surface area contributed by atoms with Gasteiger partial charge in [0.25, 0.3) is 5.91 Å². The molecule has 0 bridgehead atoms. The minimum absolute atomic E-state index is 0.0106. The van der Waals surface area contributed by atoms with Gasteiger partial charge in [-0.1, -0.05) is 13.3 Å². The number of fused-ring (bicyclic) bond motifs is 1. The molecule has 0 aromatic heterocycles. The summed E-state index contributed by atoms with van der Waals surface area (Å²) < 4.78 is 10.6. The third-order valence-corrected chi connectivity index (χ3v) is 4.97. The molecule has 6 nitrogen and oxygen atoms in total. The van der Waals surface area contributed by atoms with E-state index in [1.165, 1.54) is 0 Å². The molecule has 1 fully saturated rings. The zero-order valence-corrected chi connectivity index (χ0v) is 15.0. The van der Waals surface area contributed by atoms with Crippen LogP contribution < -0.4 is 9.47 Å². The second-order valence-corrected chi connectivity index (χ2v) is 6.75. The van der Waals surface area contributed by atoms with Crippen LogP contribution in [0.25, 0.3) is 0 Å². The van der Waals surface area contributed by atoms with Gasteiger partial charge in [-0.15, -0.1) is 0 Å². The first kappa shape index (κ1) is 17.6. The molecule has 3 rings (SSSR count). The molecule has 0 radical (unpaired) electrons. The average molecular weight is 346 g/mol. The van der Waals surface area contributed by atoms with Crippen LogP contribution in [0.5, 0.6) is 11.5 Å². The summed E-state index contributed by atoms with van der Waals surface area (Å²) in [5.41, 5.74) is 0.606. The molecule has 2 heterocycles. The number of carbonyl (C=O) groups is 2. The summed E-state index contributed by atoms with van der Waals surface area (Å²) >= 11 is 0. The Morgan fingerprint density at radius 1 is 1.20 bits per heavy atom. The van der Waals surface area contributed by atoms with E-state index in [-0.39, 0.29) is 24.5 Å². The zero-order chi connectivity index (χ0) is 17.8. The van der Waals surface area contributed by atoms with Gasteiger partial charge >= 0.3 is 0 Å². The molecule has 1 aromatic carbocycles. The molecule has 1 saturated heterocycles. The van der Waals surface area contributed by atoms with Gasteiger partial charge in [0.1, 0.15) is 0 Å². The van der Waals surface area contributed by atoms with E-state index in [1.807, 2.05) is 16.8 Å². The maximum Gasteiger partial charge on any atom is 0.253 e.